The summed E-state index contributed by atoms with van der Waals surface area (Å²) < 4.78 is 0. The van der Waals surface area contributed by atoms with Gasteiger partial charge in [0.1, 0.15) is 6.04 Å². The minimum absolute atomic E-state index is 0.0274. The molecule has 0 aromatic carbocycles. The molecule has 0 aromatic rings. The highest BCUT2D eigenvalue weighted by atomic mass is 16.2. The van der Waals surface area contributed by atoms with Crippen LogP contribution in [-0.2, 0) is 9.59 Å². The zero-order chi connectivity index (χ0) is 9.14. The van der Waals surface area contributed by atoms with Crippen LogP contribution in [-0.4, -0.2) is 48.8 Å². The molecule has 0 aliphatic carbocycles. The molecule has 12 heavy (non-hydrogen) atoms. The molecular weight excluding hydrogens is 156 g/mol. The molecule has 1 aliphatic rings. The van der Waals surface area contributed by atoms with E-state index >= 15 is 0 Å². The van der Waals surface area contributed by atoms with Gasteiger partial charge in [0.2, 0.25) is 12.3 Å². The molecule has 0 N–H and O–H groups in total. The summed E-state index contributed by atoms with van der Waals surface area (Å²) >= 11 is 0. The Hall–Kier alpha value is -1.06. The first-order chi connectivity index (χ1) is 5.66. The van der Waals surface area contributed by atoms with Crippen LogP contribution < -0.4 is 0 Å². The lowest BCUT2D eigenvalue weighted by Crippen LogP contribution is -2.41. The van der Waals surface area contributed by atoms with Crippen molar-refractivity contribution in [2.45, 2.75) is 18.9 Å². The predicted octanol–water partition coefficient (Wildman–Crippen LogP) is -0.305. The largest absolute Gasteiger partial charge is 0.347 e. The molecule has 1 aliphatic heterocycles. The van der Waals surface area contributed by atoms with E-state index in [-0.39, 0.29) is 11.9 Å². The zero-order valence-electron chi connectivity index (χ0n) is 7.49. The van der Waals surface area contributed by atoms with Gasteiger partial charge < -0.3 is 9.80 Å². The summed E-state index contributed by atoms with van der Waals surface area (Å²) in [6, 6.07) is -0.211. The van der Waals surface area contributed by atoms with Crippen molar-refractivity contribution < 1.29 is 9.59 Å². The zero-order valence-corrected chi connectivity index (χ0v) is 7.49. The quantitative estimate of drug-likeness (QED) is 0.534. The second-order valence-corrected chi connectivity index (χ2v) is 3.23. The van der Waals surface area contributed by atoms with Crippen LogP contribution in [0.4, 0.5) is 0 Å². The van der Waals surface area contributed by atoms with E-state index in [1.807, 2.05) is 0 Å². The van der Waals surface area contributed by atoms with Gasteiger partial charge in [-0.2, -0.15) is 0 Å². The van der Waals surface area contributed by atoms with Crippen LogP contribution >= 0.6 is 0 Å². The average Bonchev–Trinajstić information content (AvgIpc) is 2.49. The number of hydrogen-bond acceptors (Lipinski definition) is 2. The Morgan fingerprint density at radius 3 is 2.75 bits per heavy atom. The van der Waals surface area contributed by atoms with Crippen molar-refractivity contribution in [1.29, 1.82) is 0 Å². The fourth-order valence-electron chi connectivity index (χ4n) is 1.48. The average molecular weight is 170 g/mol. The summed E-state index contributed by atoms with van der Waals surface area (Å²) in [5.74, 6) is 0.0274. The first kappa shape index (κ1) is 9.03. The second-order valence-electron chi connectivity index (χ2n) is 3.23. The number of carbonyl (C=O) groups is 2. The summed E-state index contributed by atoms with van der Waals surface area (Å²) in [6.45, 7) is 0.716. The fraction of sp³-hybridized carbons (Fsp3) is 0.750. The van der Waals surface area contributed by atoms with Gasteiger partial charge in [-0.1, -0.05) is 0 Å². The summed E-state index contributed by atoms with van der Waals surface area (Å²) in [6.07, 6.45) is 2.50. The molecule has 4 heteroatoms. The van der Waals surface area contributed by atoms with Crippen molar-refractivity contribution in [3.05, 3.63) is 0 Å². The predicted molar refractivity (Wildman–Crippen MR) is 44.5 cm³/mol. The van der Waals surface area contributed by atoms with Crippen molar-refractivity contribution in [3.8, 4) is 0 Å². The molecule has 0 aromatic heterocycles. The number of likely N-dealkylation sites (tertiary alicyclic amines) is 1. The molecule has 0 saturated carbocycles. The van der Waals surface area contributed by atoms with E-state index < -0.39 is 0 Å². The number of hydrogen-bond donors (Lipinski definition) is 0. The smallest absolute Gasteiger partial charge is 0.244 e. The van der Waals surface area contributed by atoms with Gasteiger partial charge in [0.05, 0.1) is 0 Å². The molecule has 0 bridgehead atoms. The molecule has 1 saturated heterocycles. The number of nitrogens with zero attached hydrogens (tertiary/aromatic N) is 2. The summed E-state index contributed by atoms with van der Waals surface area (Å²) in [7, 11) is 3.42. The molecule has 1 heterocycles. The van der Waals surface area contributed by atoms with Crippen LogP contribution in [0, 0.1) is 0 Å². The highest BCUT2D eigenvalue weighted by molar-refractivity contribution is 5.83. The third-order valence-corrected chi connectivity index (χ3v) is 2.16. The standard InChI is InChI=1S/C8H14N2O2/c1-9(2)8(12)7-4-3-5-10(7)6-11/h6-7H,3-5H2,1-2H3/t7-/m0/s1. The van der Waals surface area contributed by atoms with Crippen LogP contribution in [0.5, 0.6) is 0 Å². The first-order valence-electron chi connectivity index (χ1n) is 4.09. The van der Waals surface area contributed by atoms with Gasteiger partial charge in [-0.3, -0.25) is 9.59 Å². The van der Waals surface area contributed by atoms with E-state index in [0.29, 0.717) is 6.54 Å². The Morgan fingerprint density at radius 1 is 1.58 bits per heavy atom. The van der Waals surface area contributed by atoms with Crippen molar-refractivity contribution in [2.75, 3.05) is 20.6 Å². The lowest BCUT2D eigenvalue weighted by atomic mass is 10.2. The molecule has 0 radical (unpaired) electrons. The molecule has 1 rings (SSSR count). The van der Waals surface area contributed by atoms with E-state index in [1.54, 1.807) is 19.0 Å². The third kappa shape index (κ3) is 1.57. The molecular formula is C8H14N2O2. The van der Waals surface area contributed by atoms with E-state index in [2.05, 4.69) is 0 Å². The monoisotopic (exact) mass is 170 g/mol. The maximum Gasteiger partial charge on any atom is 0.244 e. The number of rotatable bonds is 2. The maximum atomic E-state index is 11.4. The fourth-order valence-corrected chi connectivity index (χ4v) is 1.48. The normalized spacial score (nSPS) is 22.5. The van der Waals surface area contributed by atoms with Gasteiger partial charge in [0.15, 0.2) is 0 Å². The number of amides is 2. The van der Waals surface area contributed by atoms with E-state index in [0.717, 1.165) is 19.3 Å². The van der Waals surface area contributed by atoms with E-state index in [4.69, 9.17) is 0 Å². The van der Waals surface area contributed by atoms with Crippen molar-refractivity contribution >= 4 is 12.3 Å². The Morgan fingerprint density at radius 2 is 2.25 bits per heavy atom. The highest BCUT2D eigenvalue weighted by Gasteiger charge is 2.30. The van der Waals surface area contributed by atoms with Crippen LogP contribution in [0.1, 0.15) is 12.8 Å². The molecule has 4 nitrogen and oxygen atoms in total. The van der Waals surface area contributed by atoms with Crippen LogP contribution in [0.3, 0.4) is 0 Å². The second kappa shape index (κ2) is 3.56. The van der Waals surface area contributed by atoms with Crippen LogP contribution in [0.25, 0.3) is 0 Å². The van der Waals surface area contributed by atoms with Crippen molar-refractivity contribution in [1.82, 2.24) is 9.80 Å². The Balaban J connectivity index is 2.61. The maximum absolute atomic E-state index is 11.4. The van der Waals surface area contributed by atoms with E-state index in [9.17, 15) is 9.59 Å². The Bertz CT molecular complexity index is 191. The Kier molecular flexibility index (Phi) is 2.68. The Labute approximate surface area is 72.1 Å². The minimum Gasteiger partial charge on any atom is -0.347 e. The lowest BCUT2D eigenvalue weighted by Gasteiger charge is -2.22. The lowest BCUT2D eigenvalue weighted by molar-refractivity contribution is -0.137. The van der Waals surface area contributed by atoms with Crippen molar-refractivity contribution in [3.63, 3.8) is 0 Å². The van der Waals surface area contributed by atoms with Gasteiger partial charge >= 0.3 is 0 Å². The minimum atomic E-state index is -0.211. The van der Waals surface area contributed by atoms with Crippen LogP contribution in [0.2, 0.25) is 0 Å². The van der Waals surface area contributed by atoms with Gasteiger partial charge in [-0.25, -0.2) is 0 Å². The van der Waals surface area contributed by atoms with Crippen LogP contribution in [0.15, 0.2) is 0 Å². The highest BCUT2D eigenvalue weighted by Crippen LogP contribution is 2.16. The summed E-state index contributed by atoms with van der Waals surface area (Å²) in [5, 5.41) is 0. The topological polar surface area (TPSA) is 40.6 Å². The molecule has 1 fully saturated rings. The first-order valence-corrected chi connectivity index (χ1v) is 4.09. The van der Waals surface area contributed by atoms with E-state index in [1.165, 1.54) is 4.90 Å². The molecule has 0 unspecified atom stereocenters. The molecule has 2 amide bonds. The number of likely N-dealkylation sites (N-methyl/N-ethyl adjacent to an activating group) is 1. The molecule has 0 spiro atoms. The van der Waals surface area contributed by atoms with Gasteiger partial charge in [-0.15, -0.1) is 0 Å². The van der Waals surface area contributed by atoms with Gasteiger partial charge in [-0.05, 0) is 12.8 Å². The van der Waals surface area contributed by atoms with Crippen molar-refractivity contribution in [2.24, 2.45) is 0 Å². The molecule has 1 atom stereocenters. The SMILES string of the molecule is CN(C)C(=O)[C@@H]1CCCN1C=O. The number of carbonyl (C=O) groups excluding carboxylic acids is 2. The van der Waals surface area contributed by atoms with Gasteiger partial charge in [0.25, 0.3) is 0 Å². The summed E-state index contributed by atoms with van der Waals surface area (Å²) in [5.41, 5.74) is 0. The molecule has 68 valence electrons. The third-order valence-electron chi connectivity index (χ3n) is 2.16. The van der Waals surface area contributed by atoms with Gasteiger partial charge in [0, 0.05) is 20.6 Å². The summed E-state index contributed by atoms with van der Waals surface area (Å²) in [4.78, 5) is 25.0.